The molecule has 6 aromatic rings. The zero-order chi connectivity index (χ0) is 29.8. The summed E-state index contributed by atoms with van der Waals surface area (Å²) in [5.74, 6) is -1.37. The molecule has 2 atom stereocenters. The lowest BCUT2D eigenvalue weighted by molar-refractivity contribution is 0.146. The number of benzene rings is 2. The number of hydrogen-bond acceptors (Lipinski definition) is 7. The van der Waals surface area contributed by atoms with Gasteiger partial charge in [-0.05, 0) is 43.5 Å². The zero-order valence-electron chi connectivity index (χ0n) is 24.2. The highest BCUT2D eigenvalue weighted by atomic mass is 32.1. The minimum Gasteiger partial charge on any atom is -0.490 e. The van der Waals surface area contributed by atoms with E-state index in [0.717, 1.165) is 50.6 Å². The van der Waals surface area contributed by atoms with Crippen molar-refractivity contribution in [1.29, 1.82) is 0 Å². The molecule has 11 heteroatoms. The molecule has 0 saturated heterocycles. The Balaban J connectivity index is 1.53. The van der Waals surface area contributed by atoms with Gasteiger partial charge in [0.2, 0.25) is 0 Å². The fraction of sp³-hybridized carbons (Fsp3) is 0.281. The van der Waals surface area contributed by atoms with Crippen LogP contribution < -0.4 is 10.1 Å². The number of aryl methyl sites for hydroxylation is 1. The first kappa shape index (κ1) is 27.6. The van der Waals surface area contributed by atoms with Crippen LogP contribution in [0.1, 0.15) is 31.6 Å². The average molecular weight is 601 g/mol. The Morgan fingerprint density at radius 2 is 1.91 bits per heavy atom. The van der Waals surface area contributed by atoms with Crippen LogP contribution >= 0.6 is 11.3 Å². The molecule has 220 valence electrons. The third-order valence-corrected chi connectivity index (χ3v) is 8.96. The number of nitrogens with one attached hydrogen (secondary N) is 1. The van der Waals surface area contributed by atoms with Crippen LogP contribution in [-0.4, -0.2) is 51.4 Å². The Hall–Kier alpha value is -4.19. The van der Waals surface area contributed by atoms with Crippen LogP contribution in [0.25, 0.3) is 54.8 Å². The van der Waals surface area contributed by atoms with Crippen molar-refractivity contribution >= 4 is 32.3 Å². The van der Waals surface area contributed by atoms with Gasteiger partial charge in [-0.25, -0.2) is 13.8 Å². The standard InChI is InChI=1S/C32H30F2N6O2S/c1-17-15-35-18(2)26-14-24(38-40(17)26)31-29(28-23(34)12-21(33)13-27(28)42-9-8-41-4)32-22(7-10-43-32)30(37-31)19-5-6-25-20(11-19)16-36-39(25)3/h5-7,10-14,16-18,35H,8-9,15H2,1-4H3/t17-,18-/m1/s1. The van der Waals surface area contributed by atoms with Crippen molar-refractivity contribution in [1.82, 2.24) is 29.9 Å². The second-order valence-electron chi connectivity index (χ2n) is 10.9. The smallest absolute Gasteiger partial charge is 0.137 e. The number of aromatic nitrogens is 5. The van der Waals surface area contributed by atoms with Crippen LogP contribution in [-0.2, 0) is 11.8 Å². The molecule has 0 radical (unpaired) electrons. The molecule has 43 heavy (non-hydrogen) atoms. The SMILES string of the molecule is COCCOc1cc(F)cc(F)c1-c1c(-c2cc3n(n2)[C@H](C)CN[C@@H]3C)nc(-c2ccc3c(cnn3C)c2)c2ccsc12. The Morgan fingerprint density at radius 3 is 2.72 bits per heavy atom. The van der Waals surface area contributed by atoms with Crippen LogP contribution in [0.3, 0.4) is 0 Å². The van der Waals surface area contributed by atoms with Crippen molar-refractivity contribution < 1.29 is 18.3 Å². The molecule has 7 rings (SSSR count). The monoisotopic (exact) mass is 600 g/mol. The molecule has 0 bridgehead atoms. The molecular formula is C32H30F2N6O2S. The van der Waals surface area contributed by atoms with Gasteiger partial charge in [-0.3, -0.25) is 9.36 Å². The van der Waals surface area contributed by atoms with E-state index in [1.165, 1.54) is 17.4 Å². The molecule has 0 spiro atoms. The van der Waals surface area contributed by atoms with E-state index in [0.29, 0.717) is 17.0 Å². The van der Waals surface area contributed by atoms with Gasteiger partial charge < -0.3 is 14.8 Å². The maximum absolute atomic E-state index is 16.0. The molecule has 4 aromatic heterocycles. The zero-order valence-corrected chi connectivity index (χ0v) is 25.0. The summed E-state index contributed by atoms with van der Waals surface area (Å²) in [5.41, 5.74) is 5.44. The third kappa shape index (κ3) is 4.68. The van der Waals surface area contributed by atoms with Crippen molar-refractivity contribution in [3.05, 3.63) is 71.4 Å². The third-order valence-electron chi connectivity index (χ3n) is 8.03. The van der Waals surface area contributed by atoms with Gasteiger partial charge in [0.1, 0.15) is 35.4 Å². The molecule has 0 aliphatic carbocycles. The Kier molecular flexibility index (Phi) is 6.95. The number of hydrogen-bond donors (Lipinski definition) is 1. The van der Waals surface area contributed by atoms with E-state index in [1.807, 2.05) is 52.3 Å². The van der Waals surface area contributed by atoms with E-state index in [2.05, 4.69) is 30.3 Å². The summed E-state index contributed by atoms with van der Waals surface area (Å²) in [6.45, 7) is 5.37. The van der Waals surface area contributed by atoms with Crippen molar-refractivity contribution in [2.45, 2.75) is 25.9 Å². The topological polar surface area (TPSA) is 79.0 Å². The van der Waals surface area contributed by atoms with E-state index < -0.39 is 11.6 Å². The molecule has 8 nitrogen and oxygen atoms in total. The number of ether oxygens (including phenoxy) is 2. The molecule has 1 N–H and O–H groups in total. The van der Waals surface area contributed by atoms with Crippen LogP contribution in [0.15, 0.2) is 54.0 Å². The van der Waals surface area contributed by atoms with Gasteiger partial charge in [0, 0.05) is 65.5 Å². The maximum Gasteiger partial charge on any atom is 0.137 e. The molecule has 1 aliphatic rings. The highest BCUT2D eigenvalue weighted by Gasteiger charge is 2.29. The number of methoxy groups -OCH3 is 1. The summed E-state index contributed by atoms with van der Waals surface area (Å²) >= 11 is 1.48. The van der Waals surface area contributed by atoms with Crippen LogP contribution in [0, 0.1) is 11.6 Å². The average Bonchev–Trinajstić information content (AvgIpc) is 3.74. The Bertz CT molecular complexity index is 1970. The van der Waals surface area contributed by atoms with Gasteiger partial charge in [0.15, 0.2) is 0 Å². The van der Waals surface area contributed by atoms with E-state index in [4.69, 9.17) is 19.6 Å². The largest absolute Gasteiger partial charge is 0.490 e. The van der Waals surface area contributed by atoms with Crippen LogP contribution in [0.4, 0.5) is 8.78 Å². The summed E-state index contributed by atoms with van der Waals surface area (Å²) in [4.78, 5) is 5.24. The highest BCUT2D eigenvalue weighted by Crippen LogP contribution is 2.47. The van der Waals surface area contributed by atoms with Crippen LogP contribution in [0.2, 0.25) is 0 Å². The van der Waals surface area contributed by atoms with Gasteiger partial charge in [0.05, 0.1) is 41.3 Å². The van der Waals surface area contributed by atoms with E-state index in [1.54, 1.807) is 7.11 Å². The van der Waals surface area contributed by atoms with Crippen molar-refractivity contribution in [3.8, 4) is 39.5 Å². The summed E-state index contributed by atoms with van der Waals surface area (Å²) in [5, 5.41) is 16.7. The predicted molar refractivity (Wildman–Crippen MR) is 164 cm³/mol. The van der Waals surface area contributed by atoms with Gasteiger partial charge in [-0.1, -0.05) is 6.07 Å². The van der Waals surface area contributed by atoms with Gasteiger partial charge in [-0.2, -0.15) is 10.2 Å². The van der Waals surface area contributed by atoms with E-state index in [-0.39, 0.29) is 36.6 Å². The molecule has 0 saturated carbocycles. The Morgan fingerprint density at radius 1 is 1.05 bits per heavy atom. The normalized spacial score (nSPS) is 16.7. The number of halogens is 2. The number of fused-ring (bicyclic) bond motifs is 3. The highest BCUT2D eigenvalue weighted by molar-refractivity contribution is 7.18. The molecule has 0 amide bonds. The summed E-state index contributed by atoms with van der Waals surface area (Å²) < 4.78 is 46.2. The minimum absolute atomic E-state index is 0.0781. The molecule has 5 heterocycles. The lowest BCUT2D eigenvalue weighted by Gasteiger charge is -2.27. The summed E-state index contributed by atoms with van der Waals surface area (Å²) in [6, 6.07) is 12.4. The van der Waals surface area contributed by atoms with Crippen molar-refractivity contribution in [2.24, 2.45) is 7.05 Å². The summed E-state index contributed by atoms with van der Waals surface area (Å²) in [7, 11) is 3.46. The van der Waals surface area contributed by atoms with E-state index in [9.17, 15) is 4.39 Å². The first-order chi connectivity index (χ1) is 20.8. The lowest BCUT2D eigenvalue weighted by Crippen LogP contribution is -2.34. The number of thiophene rings is 1. The molecule has 0 unspecified atom stereocenters. The second-order valence-corrected chi connectivity index (χ2v) is 11.8. The molecular weight excluding hydrogens is 570 g/mol. The Labute approximate surface area is 250 Å². The van der Waals surface area contributed by atoms with Gasteiger partial charge in [0.25, 0.3) is 0 Å². The fourth-order valence-corrected chi connectivity index (χ4v) is 6.80. The van der Waals surface area contributed by atoms with Crippen molar-refractivity contribution in [2.75, 3.05) is 26.9 Å². The lowest BCUT2D eigenvalue weighted by atomic mass is 9.96. The first-order valence-corrected chi connectivity index (χ1v) is 15.0. The van der Waals surface area contributed by atoms with Gasteiger partial charge >= 0.3 is 0 Å². The molecule has 1 aliphatic heterocycles. The van der Waals surface area contributed by atoms with Gasteiger partial charge in [-0.15, -0.1) is 11.3 Å². The molecule has 2 aromatic carbocycles. The van der Waals surface area contributed by atoms with Crippen LogP contribution in [0.5, 0.6) is 5.75 Å². The number of rotatable bonds is 7. The number of pyridine rings is 1. The van der Waals surface area contributed by atoms with Crippen molar-refractivity contribution in [3.63, 3.8) is 0 Å². The predicted octanol–water partition coefficient (Wildman–Crippen LogP) is 6.91. The summed E-state index contributed by atoms with van der Waals surface area (Å²) in [6.07, 6.45) is 1.83. The maximum atomic E-state index is 16.0. The minimum atomic E-state index is -0.734. The fourth-order valence-electron chi connectivity index (χ4n) is 5.85. The molecule has 0 fully saturated rings. The first-order valence-electron chi connectivity index (χ1n) is 14.1. The quantitative estimate of drug-likeness (QED) is 0.201. The van der Waals surface area contributed by atoms with E-state index >= 15 is 4.39 Å². The second kappa shape index (κ2) is 10.8. The number of nitrogens with zero attached hydrogens (tertiary/aromatic N) is 5.